The van der Waals surface area contributed by atoms with E-state index in [1.54, 1.807) is 0 Å². The first-order valence-corrected chi connectivity index (χ1v) is 10.6. The minimum atomic E-state index is -0.258. The largest absolute Gasteiger partial charge is 0.455 e. The number of fused-ring (bicyclic) bond motifs is 1. The topological polar surface area (TPSA) is 78.7 Å². The first-order valence-electron chi connectivity index (χ1n) is 10.2. The zero-order valence-corrected chi connectivity index (χ0v) is 18.3. The Hall–Kier alpha value is -3.45. The van der Waals surface area contributed by atoms with Crippen molar-refractivity contribution in [2.75, 3.05) is 10.6 Å². The Bertz CT molecular complexity index is 1150. The smallest absolute Gasteiger partial charge is 0.291 e. The number of carbonyl (C=O) groups is 1. The molecule has 31 heavy (non-hydrogen) atoms. The highest BCUT2D eigenvalue weighted by Crippen LogP contribution is 2.30. The fraction of sp³-hybridized carbons (Fsp3) is 0.208. The number of hydrogen-bond acceptors (Lipinski definition) is 4. The number of para-hydroxylation sites is 1. The standard InChI is InChI=1S/C24H24N4O2S/c1-15-8-6-11-18(14-15)25-23(29)22-16(2)21-19(12-7-13-20(21)30-22)27-28-24(31)26-17-9-4-3-5-10-17/h3-6,8-11,14H,7,12-13H2,1-2H3,(H,25,29)(H2,26,28,31)/b27-19+. The summed E-state index contributed by atoms with van der Waals surface area (Å²) in [6, 6.07) is 17.4. The summed E-state index contributed by atoms with van der Waals surface area (Å²) in [5.41, 5.74) is 8.16. The van der Waals surface area contributed by atoms with Crippen LogP contribution in [0.1, 0.15) is 45.8 Å². The van der Waals surface area contributed by atoms with Crippen molar-refractivity contribution in [3.8, 4) is 0 Å². The van der Waals surface area contributed by atoms with Crippen LogP contribution in [0.15, 0.2) is 64.1 Å². The fourth-order valence-electron chi connectivity index (χ4n) is 3.71. The highest BCUT2D eigenvalue weighted by atomic mass is 32.1. The van der Waals surface area contributed by atoms with Crippen molar-refractivity contribution in [2.45, 2.75) is 33.1 Å². The van der Waals surface area contributed by atoms with Gasteiger partial charge in [0.25, 0.3) is 5.91 Å². The predicted octanol–water partition coefficient (Wildman–Crippen LogP) is 5.18. The molecule has 2 aromatic carbocycles. The number of thiocarbonyl (C=S) groups is 1. The van der Waals surface area contributed by atoms with E-state index in [-0.39, 0.29) is 5.91 Å². The minimum Gasteiger partial charge on any atom is -0.455 e. The monoisotopic (exact) mass is 432 g/mol. The van der Waals surface area contributed by atoms with Gasteiger partial charge < -0.3 is 15.1 Å². The zero-order valence-electron chi connectivity index (χ0n) is 17.5. The number of nitrogens with one attached hydrogen (secondary N) is 3. The van der Waals surface area contributed by atoms with Crippen molar-refractivity contribution in [3.05, 3.63) is 82.8 Å². The van der Waals surface area contributed by atoms with Gasteiger partial charge in [-0.05, 0) is 68.7 Å². The van der Waals surface area contributed by atoms with Crippen molar-refractivity contribution in [1.29, 1.82) is 0 Å². The normalized spacial score (nSPS) is 14.1. The molecule has 4 rings (SSSR count). The van der Waals surface area contributed by atoms with E-state index in [2.05, 4.69) is 21.2 Å². The zero-order chi connectivity index (χ0) is 21.8. The summed E-state index contributed by atoms with van der Waals surface area (Å²) in [6.07, 6.45) is 2.46. The summed E-state index contributed by atoms with van der Waals surface area (Å²) in [6.45, 7) is 3.88. The molecule has 3 aromatic rings. The van der Waals surface area contributed by atoms with Crippen molar-refractivity contribution < 1.29 is 9.21 Å². The van der Waals surface area contributed by atoms with Gasteiger partial charge in [0.15, 0.2) is 10.9 Å². The number of nitrogens with zero attached hydrogens (tertiary/aromatic N) is 1. The maximum atomic E-state index is 12.8. The number of benzene rings is 2. The molecule has 0 bridgehead atoms. The minimum absolute atomic E-state index is 0.258. The number of carbonyl (C=O) groups excluding carboxylic acids is 1. The third-order valence-electron chi connectivity index (χ3n) is 5.13. The van der Waals surface area contributed by atoms with Crippen LogP contribution in [-0.4, -0.2) is 16.7 Å². The van der Waals surface area contributed by atoms with Gasteiger partial charge in [0, 0.05) is 28.9 Å². The molecule has 0 spiro atoms. The third-order valence-corrected chi connectivity index (χ3v) is 5.33. The molecule has 0 radical (unpaired) electrons. The molecule has 0 saturated carbocycles. The van der Waals surface area contributed by atoms with Crippen molar-refractivity contribution >= 4 is 40.3 Å². The molecule has 1 heterocycles. The molecular formula is C24H24N4O2S. The van der Waals surface area contributed by atoms with Crippen LogP contribution in [0, 0.1) is 13.8 Å². The van der Waals surface area contributed by atoms with Gasteiger partial charge in [0.1, 0.15) is 5.76 Å². The number of hydrogen-bond donors (Lipinski definition) is 3. The van der Waals surface area contributed by atoms with E-state index < -0.39 is 0 Å². The van der Waals surface area contributed by atoms with Gasteiger partial charge in [-0.15, -0.1) is 0 Å². The maximum Gasteiger partial charge on any atom is 0.291 e. The van der Waals surface area contributed by atoms with Crippen LogP contribution < -0.4 is 16.1 Å². The quantitative estimate of drug-likeness (QED) is 0.391. The van der Waals surface area contributed by atoms with E-state index in [0.29, 0.717) is 10.9 Å². The highest BCUT2D eigenvalue weighted by molar-refractivity contribution is 7.80. The van der Waals surface area contributed by atoms with Crippen LogP contribution in [0.4, 0.5) is 11.4 Å². The van der Waals surface area contributed by atoms with E-state index >= 15 is 0 Å². The lowest BCUT2D eigenvalue weighted by molar-refractivity contribution is 0.0994. The second-order valence-corrected chi connectivity index (χ2v) is 7.93. The summed E-state index contributed by atoms with van der Waals surface area (Å²) < 4.78 is 5.96. The second kappa shape index (κ2) is 9.14. The van der Waals surface area contributed by atoms with Crippen molar-refractivity contribution in [2.24, 2.45) is 5.10 Å². The van der Waals surface area contributed by atoms with Crippen LogP contribution in [0.3, 0.4) is 0 Å². The third kappa shape index (κ3) is 4.83. The van der Waals surface area contributed by atoms with Crippen LogP contribution in [0.25, 0.3) is 0 Å². The second-order valence-electron chi connectivity index (χ2n) is 7.52. The van der Waals surface area contributed by atoms with Gasteiger partial charge >= 0.3 is 0 Å². The summed E-state index contributed by atoms with van der Waals surface area (Å²) in [7, 11) is 0. The Morgan fingerprint density at radius 3 is 2.55 bits per heavy atom. The summed E-state index contributed by atoms with van der Waals surface area (Å²) in [5.74, 6) is 0.859. The van der Waals surface area contributed by atoms with E-state index in [0.717, 1.165) is 58.8 Å². The number of aryl methyl sites for hydroxylation is 2. The van der Waals surface area contributed by atoms with Crippen LogP contribution in [0.2, 0.25) is 0 Å². The first kappa shape index (κ1) is 20.8. The molecule has 3 N–H and O–H groups in total. The average Bonchev–Trinajstić information content (AvgIpc) is 3.10. The molecular weight excluding hydrogens is 408 g/mol. The fourth-order valence-corrected chi connectivity index (χ4v) is 3.87. The molecule has 158 valence electrons. The first-order chi connectivity index (χ1) is 15.0. The molecule has 1 amide bonds. The average molecular weight is 433 g/mol. The van der Waals surface area contributed by atoms with Gasteiger partial charge in [-0.25, -0.2) is 0 Å². The number of rotatable bonds is 4. The van der Waals surface area contributed by atoms with Crippen LogP contribution in [0.5, 0.6) is 0 Å². The molecule has 1 aliphatic carbocycles. The molecule has 7 heteroatoms. The Kier molecular flexibility index (Phi) is 6.13. The van der Waals surface area contributed by atoms with E-state index in [9.17, 15) is 4.79 Å². The molecule has 0 saturated heterocycles. The molecule has 0 fully saturated rings. The van der Waals surface area contributed by atoms with E-state index in [1.807, 2.05) is 68.4 Å². The number of hydrazone groups is 1. The number of anilines is 2. The summed E-state index contributed by atoms with van der Waals surface area (Å²) >= 11 is 5.35. The maximum absolute atomic E-state index is 12.8. The van der Waals surface area contributed by atoms with Gasteiger partial charge in [0.2, 0.25) is 0 Å². The summed E-state index contributed by atoms with van der Waals surface area (Å²) in [4.78, 5) is 12.8. The highest BCUT2D eigenvalue weighted by Gasteiger charge is 2.28. The Morgan fingerprint density at radius 1 is 1.00 bits per heavy atom. The van der Waals surface area contributed by atoms with Crippen LogP contribution >= 0.6 is 12.2 Å². The molecule has 1 aromatic heterocycles. The molecule has 6 nitrogen and oxygen atoms in total. The number of furan rings is 1. The molecule has 0 aliphatic heterocycles. The number of amides is 1. The van der Waals surface area contributed by atoms with Gasteiger partial charge in [-0.1, -0.05) is 30.3 Å². The molecule has 0 atom stereocenters. The lowest BCUT2D eigenvalue weighted by atomic mass is 9.93. The lowest BCUT2D eigenvalue weighted by Gasteiger charge is -2.14. The Balaban J connectivity index is 1.51. The van der Waals surface area contributed by atoms with Crippen molar-refractivity contribution in [1.82, 2.24) is 5.43 Å². The van der Waals surface area contributed by atoms with E-state index in [4.69, 9.17) is 16.6 Å². The van der Waals surface area contributed by atoms with Crippen LogP contribution in [-0.2, 0) is 6.42 Å². The Labute approximate surface area is 186 Å². The molecule has 0 unspecified atom stereocenters. The predicted molar refractivity (Wildman–Crippen MR) is 128 cm³/mol. The SMILES string of the molecule is Cc1cccc(NC(=O)c2oc3c(c2C)/C(=N/NC(=S)Nc2ccccc2)CCC3)c1. The summed E-state index contributed by atoms with van der Waals surface area (Å²) in [5, 5.41) is 11.0. The van der Waals surface area contributed by atoms with Crippen molar-refractivity contribution in [3.63, 3.8) is 0 Å². The van der Waals surface area contributed by atoms with Gasteiger partial charge in [-0.3, -0.25) is 10.2 Å². The van der Waals surface area contributed by atoms with Gasteiger partial charge in [-0.2, -0.15) is 5.10 Å². The van der Waals surface area contributed by atoms with Gasteiger partial charge in [0.05, 0.1) is 5.71 Å². The lowest BCUT2D eigenvalue weighted by Crippen LogP contribution is -2.26. The molecule has 1 aliphatic rings. The Morgan fingerprint density at radius 2 is 1.77 bits per heavy atom. The van der Waals surface area contributed by atoms with E-state index in [1.165, 1.54) is 0 Å².